The van der Waals surface area contributed by atoms with E-state index < -0.39 is 50.5 Å². The number of rotatable bonds is 6. The molecular formula is C22H24F2N2O3S. The van der Waals surface area contributed by atoms with Crippen LogP contribution in [0.15, 0.2) is 42.5 Å². The predicted octanol–water partition coefficient (Wildman–Crippen LogP) is 3.01. The van der Waals surface area contributed by atoms with E-state index in [1.165, 1.54) is 0 Å². The Labute approximate surface area is 175 Å². The Hall–Kier alpha value is -2.34. The molecule has 2 unspecified atom stereocenters. The molecule has 5 nitrogen and oxygen atoms in total. The van der Waals surface area contributed by atoms with Crippen molar-refractivity contribution in [2.24, 2.45) is 0 Å². The zero-order chi connectivity index (χ0) is 21.9. The lowest BCUT2D eigenvalue weighted by Gasteiger charge is -2.35. The molecule has 0 spiro atoms. The van der Waals surface area contributed by atoms with E-state index in [1.54, 1.807) is 37.3 Å². The molecule has 0 amide bonds. The first-order chi connectivity index (χ1) is 14.3. The molecule has 1 heterocycles. The van der Waals surface area contributed by atoms with Gasteiger partial charge in [-0.3, -0.25) is 0 Å². The molecule has 160 valence electrons. The summed E-state index contributed by atoms with van der Waals surface area (Å²) in [6.07, 6.45) is -0.326. The maximum absolute atomic E-state index is 14.8. The monoisotopic (exact) mass is 434 g/mol. The molecular weight excluding hydrogens is 410 g/mol. The number of benzene rings is 2. The van der Waals surface area contributed by atoms with Gasteiger partial charge in [0.2, 0.25) is 0 Å². The Morgan fingerprint density at radius 3 is 2.57 bits per heavy atom. The predicted molar refractivity (Wildman–Crippen MR) is 109 cm³/mol. The Kier molecular flexibility index (Phi) is 6.86. The van der Waals surface area contributed by atoms with E-state index in [0.29, 0.717) is 5.56 Å². The number of nitrogens with one attached hydrogen (secondary N) is 1. The third-order valence-electron chi connectivity index (χ3n) is 5.76. The minimum atomic E-state index is -3.67. The topological polar surface area (TPSA) is 90.2 Å². The van der Waals surface area contributed by atoms with Crippen LogP contribution in [0.2, 0.25) is 0 Å². The lowest BCUT2D eigenvalue weighted by atomic mass is 9.93. The van der Waals surface area contributed by atoms with Crippen molar-refractivity contribution in [2.45, 2.75) is 42.2 Å². The van der Waals surface area contributed by atoms with Crippen molar-refractivity contribution in [3.8, 4) is 6.07 Å². The summed E-state index contributed by atoms with van der Waals surface area (Å²) in [5, 5.41) is 19.7. The molecule has 1 fully saturated rings. The van der Waals surface area contributed by atoms with Crippen LogP contribution in [0.4, 0.5) is 8.78 Å². The molecule has 4 atom stereocenters. The molecule has 0 radical (unpaired) electrons. The van der Waals surface area contributed by atoms with E-state index in [2.05, 4.69) is 5.32 Å². The molecule has 0 bridgehead atoms. The van der Waals surface area contributed by atoms with E-state index in [-0.39, 0.29) is 30.5 Å². The average Bonchev–Trinajstić information content (AvgIpc) is 2.72. The number of hydrogen-bond donors (Lipinski definition) is 2. The van der Waals surface area contributed by atoms with Crippen LogP contribution >= 0.6 is 0 Å². The quantitative estimate of drug-likeness (QED) is 0.730. The molecule has 1 aliphatic rings. The molecule has 2 N–H and O–H groups in total. The summed E-state index contributed by atoms with van der Waals surface area (Å²) in [4.78, 5) is 0. The van der Waals surface area contributed by atoms with E-state index >= 15 is 0 Å². The molecule has 30 heavy (non-hydrogen) atoms. The molecule has 1 aliphatic heterocycles. The van der Waals surface area contributed by atoms with Crippen LogP contribution in [-0.4, -0.2) is 38.0 Å². The highest BCUT2D eigenvalue weighted by molar-refractivity contribution is 7.92. The lowest BCUT2D eigenvalue weighted by Crippen LogP contribution is -2.53. The van der Waals surface area contributed by atoms with Crippen molar-refractivity contribution >= 4 is 9.84 Å². The Morgan fingerprint density at radius 1 is 1.23 bits per heavy atom. The van der Waals surface area contributed by atoms with E-state index in [1.807, 2.05) is 6.07 Å². The van der Waals surface area contributed by atoms with Crippen LogP contribution in [-0.2, 0) is 16.3 Å². The SMILES string of the molecule is C[C@@H]1NC[C@@H](c2ccccc2)S(=O)(=O)C1Cc1cc(F)c(C(CO)CC#N)cc1F. The molecule has 2 aromatic carbocycles. The van der Waals surface area contributed by atoms with Gasteiger partial charge in [0.1, 0.15) is 11.6 Å². The summed E-state index contributed by atoms with van der Waals surface area (Å²) >= 11 is 0. The molecule has 1 saturated heterocycles. The molecule has 0 aromatic heterocycles. The maximum Gasteiger partial charge on any atom is 0.163 e. The van der Waals surface area contributed by atoms with Gasteiger partial charge in [-0.05, 0) is 42.2 Å². The standard InChI is InChI=1S/C22H24F2N2O3S/c1-14-21(30(28,29)22(12-26-14)15-5-3-2-4-6-15)10-17-9-20(24)18(11-19(17)23)16(13-27)7-8-25/h2-6,9,11,14,16,21-22,26-27H,7,10,12-13H2,1H3/t14-,16?,21?,22-/m0/s1. The minimum absolute atomic E-state index is 0.0409. The highest BCUT2D eigenvalue weighted by Crippen LogP contribution is 2.33. The Morgan fingerprint density at radius 2 is 1.93 bits per heavy atom. The number of sulfone groups is 1. The molecule has 0 aliphatic carbocycles. The summed E-state index contributed by atoms with van der Waals surface area (Å²) in [6.45, 7) is 1.49. The number of nitriles is 1. The number of aliphatic hydroxyl groups excluding tert-OH is 1. The minimum Gasteiger partial charge on any atom is -0.396 e. The number of aliphatic hydroxyl groups is 1. The summed E-state index contributed by atoms with van der Waals surface area (Å²) in [5.74, 6) is -2.33. The zero-order valence-electron chi connectivity index (χ0n) is 16.6. The molecule has 3 rings (SSSR count). The van der Waals surface area contributed by atoms with Gasteiger partial charge in [-0.2, -0.15) is 5.26 Å². The molecule has 2 aromatic rings. The second kappa shape index (κ2) is 9.21. The van der Waals surface area contributed by atoms with Crippen LogP contribution in [0.1, 0.15) is 41.2 Å². The fourth-order valence-corrected chi connectivity index (χ4v) is 6.34. The van der Waals surface area contributed by atoms with Crippen LogP contribution in [0.3, 0.4) is 0 Å². The largest absolute Gasteiger partial charge is 0.396 e. The van der Waals surface area contributed by atoms with Gasteiger partial charge in [0.25, 0.3) is 0 Å². The fraction of sp³-hybridized carbons (Fsp3) is 0.409. The first-order valence-corrected chi connectivity index (χ1v) is 11.4. The third-order valence-corrected chi connectivity index (χ3v) is 8.41. The summed E-state index contributed by atoms with van der Waals surface area (Å²) < 4.78 is 56.0. The van der Waals surface area contributed by atoms with Crippen LogP contribution < -0.4 is 5.32 Å². The van der Waals surface area contributed by atoms with Gasteiger partial charge >= 0.3 is 0 Å². The highest BCUT2D eigenvalue weighted by Gasteiger charge is 2.42. The van der Waals surface area contributed by atoms with Crippen LogP contribution in [0, 0.1) is 23.0 Å². The van der Waals surface area contributed by atoms with Crippen LogP contribution in [0.5, 0.6) is 0 Å². The van der Waals surface area contributed by atoms with Gasteiger partial charge in [0.15, 0.2) is 9.84 Å². The first-order valence-electron chi connectivity index (χ1n) is 9.76. The smallest absolute Gasteiger partial charge is 0.163 e. The van der Waals surface area contributed by atoms with Crippen LogP contribution in [0.25, 0.3) is 0 Å². The third kappa shape index (κ3) is 4.38. The highest BCUT2D eigenvalue weighted by atomic mass is 32.2. The van der Waals surface area contributed by atoms with Crippen molar-refractivity contribution in [3.63, 3.8) is 0 Å². The summed E-state index contributed by atoms with van der Waals surface area (Å²) in [7, 11) is -3.67. The average molecular weight is 435 g/mol. The van der Waals surface area contributed by atoms with Crippen molar-refractivity contribution in [1.82, 2.24) is 5.32 Å². The van der Waals surface area contributed by atoms with Gasteiger partial charge in [0.05, 0.1) is 23.2 Å². The zero-order valence-corrected chi connectivity index (χ0v) is 17.4. The Balaban J connectivity index is 1.92. The number of nitrogens with zero attached hydrogens (tertiary/aromatic N) is 1. The first kappa shape index (κ1) is 22.3. The van der Waals surface area contributed by atoms with Crippen molar-refractivity contribution in [1.29, 1.82) is 5.26 Å². The molecule has 0 saturated carbocycles. The van der Waals surface area contributed by atoms with Crippen molar-refractivity contribution in [3.05, 3.63) is 70.8 Å². The lowest BCUT2D eigenvalue weighted by molar-refractivity contribution is 0.263. The van der Waals surface area contributed by atoms with Gasteiger partial charge in [-0.15, -0.1) is 0 Å². The number of halogens is 2. The van der Waals surface area contributed by atoms with Crippen molar-refractivity contribution < 1.29 is 22.3 Å². The van der Waals surface area contributed by atoms with E-state index in [0.717, 1.165) is 12.1 Å². The van der Waals surface area contributed by atoms with Gasteiger partial charge in [-0.25, -0.2) is 17.2 Å². The fourth-order valence-electron chi connectivity index (χ4n) is 3.98. The van der Waals surface area contributed by atoms with Gasteiger partial charge in [-0.1, -0.05) is 30.3 Å². The Bertz CT molecular complexity index is 1040. The second-order valence-electron chi connectivity index (χ2n) is 7.63. The summed E-state index contributed by atoms with van der Waals surface area (Å²) in [5.41, 5.74) is 0.534. The van der Waals surface area contributed by atoms with E-state index in [4.69, 9.17) is 5.26 Å². The maximum atomic E-state index is 14.8. The summed E-state index contributed by atoms with van der Waals surface area (Å²) in [6, 6.07) is 12.2. The van der Waals surface area contributed by atoms with Gasteiger partial charge in [0, 0.05) is 24.9 Å². The molecule has 8 heteroatoms. The van der Waals surface area contributed by atoms with Gasteiger partial charge < -0.3 is 10.4 Å². The van der Waals surface area contributed by atoms with E-state index in [9.17, 15) is 22.3 Å². The van der Waals surface area contributed by atoms with Crippen molar-refractivity contribution in [2.75, 3.05) is 13.2 Å². The normalized spacial score (nSPS) is 24.2. The number of hydrogen-bond acceptors (Lipinski definition) is 5. The second-order valence-corrected chi connectivity index (χ2v) is 9.99.